The van der Waals surface area contributed by atoms with Crippen molar-refractivity contribution in [1.82, 2.24) is 4.90 Å². The average Bonchev–Trinajstić information content (AvgIpc) is 3.43. The molecule has 6 bridgehead atoms. The summed E-state index contributed by atoms with van der Waals surface area (Å²) in [6.07, 6.45) is 4.65. The first kappa shape index (κ1) is 29.3. The van der Waals surface area contributed by atoms with Crippen LogP contribution in [-0.4, -0.2) is 59.0 Å². The van der Waals surface area contributed by atoms with Gasteiger partial charge in [-0.3, -0.25) is 24.1 Å². The van der Waals surface area contributed by atoms with Gasteiger partial charge in [0.15, 0.2) is 0 Å². The zero-order valence-electron chi connectivity index (χ0n) is 23.2. The number of carbonyl (C=O) groups is 4. The molecule has 7 fully saturated rings. The topological polar surface area (TPSA) is 147 Å². The predicted octanol–water partition coefficient (Wildman–Crippen LogP) is 2.62. The van der Waals surface area contributed by atoms with Gasteiger partial charge in [0, 0.05) is 11.3 Å². The summed E-state index contributed by atoms with van der Waals surface area (Å²) in [5.41, 5.74) is -1.62. The molecule has 0 aromatic rings. The van der Waals surface area contributed by atoms with Crippen LogP contribution in [0.1, 0.15) is 65.7 Å². The van der Waals surface area contributed by atoms with Crippen molar-refractivity contribution in [3.05, 3.63) is 6.61 Å². The zero-order valence-corrected chi connectivity index (χ0v) is 30.4. The molecule has 7 aliphatic rings. The van der Waals surface area contributed by atoms with Gasteiger partial charge >= 0.3 is 5.97 Å². The maximum absolute atomic E-state index is 13.9. The number of esters is 2. The molecule has 1 aliphatic heterocycles. The van der Waals surface area contributed by atoms with Crippen LogP contribution in [0.4, 0.5) is 8.78 Å². The van der Waals surface area contributed by atoms with E-state index in [2.05, 4.69) is 4.74 Å². The third-order valence-corrected chi connectivity index (χ3v) is 11.1. The molecule has 224 valence electrons. The van der Waals surface area contributed by atoms with Crippen LogP contribution < -0.4 is 0 Å². The Morgan fingerprint density at radius 3 is 2.02 bits per heavy atom. The molecule has 6 atom stereocenters. The van der Waals surface area contributed by atoms with Gasteiger partial charge in [0.2, 0.25) is 11.8 Å². The number of alkyl halides is 2. The van der Waals surface area contributed by atoms with Crippen molar-refractivity contribution in [1.29, 1.82) is 0 Å². The van der Waals surface area contributed by atoms with E-state index in [9.17, 15) is 40.9 Å². The van der Waals surface area contributed by atoms with Gasteiger partial charge < -0.3 is 14.0 Å². The first-order valence-electron chi connectivity index (χ1n) is 13.9. The van der Waals surface area contributed by atoms with E-state index < -0.39 is 92.4 Å². The van der Waals surface area contributed by atoms with Gasteiger partial charge in [-0.05, 0) is 68.6 Å². The van der Waals surface area contributed by atoms with Crippen LogP contribution in [0.3, 0.4) is 0 Å². The second-order valence-corrected chi connectivity index (χ2v) is 15.5. The summed E-state index contributed by atoms with van der Waals surface area (Å²) >= 11 is 0. The fourth-order valence-corrected chi connectivity index (χ4v) is 9.42. The molecule has 1 heterocycles. The molecule has 14 heteroatoms. The van der Waals surface area contributed by atoms with Crippen LogP contribution in [-0.2, 0) is 38.8 Å². The molecule has 0 radical (unpaired) electrons. The molecule has 0 aromatic heterocycles. The van der Waals surface area contributed by atoms with E-state index in [-0.39, 0.29) is 6.42 Å². The Hall–Kier alpha value is -3.15. The minimum atomic E-state index is -6.14. The van der Waals surface area contributed by atoms with Gasteiger partial charge in [0.1, 0.15) is 16.2 Å². The van der Waals surface area contributed by atoms with Gasteiger partial charge in [-0.25, -0.2) is 17.2 Å². The van der Waals surface area contributed by atoms with E-state index in [0.717, 1.165) is 43.4 Å². The summed E-state index contributed by atoms with van der Waals surface area (Å²) in [5.74, 6) is -5.31. The van der Waals surface area contributed by atoms with E-state index in [1.54, 1.807) is 20.8 Å². The molecule has 7 rings (SSSR count). The number of likely N-dealkylation sites (tertiary alicyclic amines) is 1. The smallest absolute Gasteiger partial charge is 0.312 e. The van der Waals surface area contributed by atoms with Gasteiger partial charge in [0.05, 0.1) is 23.3 Å². The first-order chi connectivity index (χ1) is 18.4. The van der Waals surface area contributed by atoms with Gasteiger partial charge in [-0.1, -0.05) is 27.4 Å². The molecule has 2 amide bonds. The van der Waals surface area contributed by atoms with Crippen molar-refractivity contribution in [2.24, 2.45) is 52.3 Å². The fraction of sp³-hybridized carbons (Fsp3) is 0.815. The number of imide groups is 1. The molecule has 0 N–H and O–H groups in total. The van der Waals surface area contributed by atoms with E-state index in [1.165, 1.54) is 0 Å². The summed E-state index contributed by atoms with van der Waals surface area (Å²) < 4.78 is 70.7. The standard InChI is InChI=1S/C27H34F2NO9S.Rf/c1-25(2,3)23(33)30-19-15-7-16(18(17(15)21(30)31)22(32)38-11-27(28,29)40(35,36)37)20(19)39-24(34)26-8-12-4-13(9-26)6-14(5-12)10-26;/h11-20H,4-10H2,1-3H3,(H,35,36,37);/q-1;/p-1. The largest absolute Gasteiger partial charge is 0.746 e. The van der Waals surface area contributed by atoms with Gasteiger partial charge in [0.25, 0.3) is 11.2 Å². The van der Waals surface area contributed by atoms with Crippen LogP contribution in [0.2, 0.25) is 0 Å². The maximum Gasteiger partial charge on any atom is 0.312 e. The summed E-state index contributed by atoms with van der Waals surface area (Å²) in [6, 6.07) is -0.788. The van der Waals surface area contributed by atoms with Crippen molar-refractivity contribution in [2.45, 2.75) is 83.1 Å². The number of nitrogens with zero attached hydrogens (tertiary/aromatic N) is 1. The van der Waals surface area contributed by atoms with Crippen LogP contribution in [0, 0.1) is 58.9 Å². The van der Waals surface area contributed by atoms with E-state index in [1.807, 2.05) is 0 Å². The number of fused-ring (bicyclic) bond motifs is 1. The number of ether oxygens (including phenoxy) is 2. The molecular formula is C27H33F2NO9RfS-2. The Bertz CT molecular complexity index is 1250. The first-order valence-corrected chi connectivity index (χ1v) is 15.3. The number of halogens is 2. The van der Waals surface area contributed by atoms with Crippen molar-refractivity contribution in [2.75, 3.05) is 0 Å². The Balaban J connectivity index is 0.00000337. The van der Waals surface area contributed by atoms with Crippen molar-refractivity contribution < 1.29 is 50.4 Å². The Morgan fingerprint density at radius 1 is 1.00 bits per heavy atom. The molecular weight excluding hydrogens is 819 g/mol. The number of rotatable bonds is 6. The maximum atomic E-state index is 13.9. The molecule has 0 spiro atoms. The summed E-state index contributed by atoms with van der Waals surface area (Å²) in [4.78, 5) is 55.1. The van der Waals surface area contributed by atoms with E-state index in [0.29, 0.717) is 17.8 Å². The Morgan fingerprint density at radius 2 is 1.54 bits per heavy atom. The third kappa shape index (κ3) is 4.23. The van der Waals surface area contributed by atoms with Crippen molar-refractivity contribution in [3.63, 3.8) is 0 Å². The van der Waals surface area contributed by atoms with Gasteiger partial charge in [-0.2, -0.15) is 0 Å². The van der Waals surface area contributed by atoms with Gasteiger partial charge in [-0.15, -0.1) is 0 Å². The SMILES string of the molecule is CC(C)(C)C(=O)N1C(=O)C2C3CC(C(OC(=O)C45CC6CC(CC(C6)C4)C5)C31)C2C(=O)O[CH-]C(F)(F)S(=O)(=O)[O-].[Rf]. The zero-order chi connectivity index (χ0) is 29.2. The summed E-state index contributed by atoms with van der Waals surface area (Å²) in [5, 5.41) is -4.97. The minimum absolute atomic E-state index is 0. The number of amides is 2. The molecule has 0 aromatic carbocycles. The molecule has 41 heavy (non-hydrogen) atoms. The van der Waals surface area contributed by atoms with Crippen LogP contribution in [0.15, 0.2) is 0 Å². The second kappa shape index (κ2) is 8.92. The molecule has 6 saturated carbocycles. The molecule has 6 aliphatic carbocycles. The van der Waals surface area contributed by atoms with E-state index >= 15 is 0 Å². The monoisotopic (exact) mass is 852 g/mol. The second-order valence-electron chi connectivity index (χ2n) is 14.0. The number of hydrogen-bond acceptors (Lipinski definition) is 9. The van der Waals surface area contributed by atoms with Crippen molar-refractivity contribution >= 4 is 33.9 Å². The van der Waals surface area contributed by atoms with Crippen molar-refractivity contribution in [3.8, 4) is 0 Å². The predicted molar refractivity (Wildman–Crippen MR) is 129 cm³/mol. The Kier molecular flexibility index (Phi) is 6.39. The fourth-order valence-electron chi connectivity index (χ4n) is 9.26. The molecule has 10 nitrogen and oxygen atoms in total. The quantitative estimate of drug-likeness (QED) is 0.224. The minimum Gasteiger partial charge on any atom is -0.746 e. The van der Waals surface area contributed by atoms with Crippen LogP contribution in [0.25, 0.3) is 0 Å². The molecule has 6 unspecified atom stereocenters. The number of carbonyl (C=O) groups excluding carboxylic acids is 4. The molecule has 1 saturated heterocycles. The third-order valence-electron chi connectivity index (χ3n) is 10.4. The average molecular weight is 853 g/mol. The number of hydrogen-bond donors (Lipinski definition) is 0. The van der Waals surface area contributed by atoms with Crippen LogP contribution in [0.5, 0.6) is 0 Å². The summed E-state index contributed by atoms with van der Waals surface area (Å²) in [7, 11) is -6.14. The van der Waals surface area contributed by atoms with E-state index in [4.69, 9.17) is 4.74 Å². The normalized spacial score (nSPS) is 40.5. The summed E-state index contributed by atoms with van der Waals surface area (Å²) in [6.45, 7) is 4.28. The Labute approximate surface area is 231 Å². The van der Waals surface area contributed by atoms with Crippen LogP contribution >= 0.6 is 0 Å².